The highest BCUT2D eigenvalue weighted by Gasteiger charge is 2.27. The van der Waals surface area contributed by atoms with Gasteiger partial charge in [-0.3, -0.25) is 4.79 Å². The van der Waals surface area contributed by atoms with Gasteiger partial charge in [0.2, 0.25) is 10.0 Å². The molecule has 3 aromatic carbocycles. The molecule has 0 unspecified atom stereocenters. The molecule has 0 aromatic heterocycles. The van der Waals surface area contributed by atoms with Crippen molar-refractivity contribution in [3.8, 4) is 0 Å². The first-order valence-electron chi connectivity index (χ1n) is 11.2. The molecule has 0 aliphatic rings. The lowest BCUT2D eigenvalue weighted by molar-refractivity contribution is -0.121. The summed E-state index contributed by atoms with van der Waals surface area (Å²) in [5, 5.41) is 4.55. The average molecular weight is 512 g/mol. The van der Waals surface area contributed by atoms with E-state index in [1.54, 1.807) is 36.4 Å². The van der Waals surface area contributed by atoms with Crippen molar-refractivity contribution in [1.82, 2.24) is 9.73 Å². The molecule has 0 spiro atoms. The Morgan fingerprint density at radius 3 is 2.14 bits per heavy atom. The molecule has 0 radical (unpaired) electrons. The van der Waals surface area contributed by atoms with Gasteiger partial charge >= 0.3 is 0 Å². The quantitative estimate of drug-likeness (QED) is 0.330. The number of hydrogen-bond acceptors (Lipinski definition) is 4. The average Bonchev–Trinajstić information content (AvgIpc) is 2.80. The lowest BCUT2D eigenvalue weighted by Crippen LogP contribution is -2.39. The number of aryl methyl sites for hydroxylation is 1. The molecule has 0 bridgehead atoms. The number of nitrogens with zero attached hydrogens (tertiary/aromatic N) is 2. The van der Waals surface area contributed by atoms with E-state index in [1.807, 2.05) is 31.2 Å². The van der Waals surface area contributed by atoms with Crippen molar-refractivity contribution in [1.29, 1.82) is 0 Å². The highest BCUT2D eigenvalue weighted by molar-refractivity contribution is 7.89. The Morgan fingerprint density at radius 1 is 0.971 bits per heavy atom. The number of hydrogen-bond donors (Lipinski definition) is 1. The van der Waals surface area contributed by atoms with E-state index in [-0.39, 0.29) is 23.4 Å². The SMILES string of the molecule is Cc1ccc(S(=O)(=O)N(CC(=O)N/N=C\c2ccc(C(C)(C)C)cc2)Cc2ccc(Cl)cc2)cc1. The van der Waals surface area contributed by atoms with Gasteiger partial charge in [-0.2, -0.15) is 9.41 Å². The molecule has 0 aliphatic heterocycles. The third kappa shape index (κ3) is 7.49. The van der Waals surface area contributed by atoms with Crippen LogP contribution in [0.1, 0.15) is 43.0 Å². The summed E-state index contributed by atoms with van der Waals surface area (Å²) < 4.78 is 27.8. The van der Waals surface area contributed by atoms with Crippen LogP contribution in [-0.4, -0.2) is 31.4 Å². The van der Waals surface area contributed by atoms with Crippen molar-refractivity contribution in [2.24, 2.45) is 5.10 Å². The van der Waals surface area contributed by atoms with Gasteiger partial charge in [0.1, 0.15) is 0 Å². The van der Waals surface area contributed by atoms with Gasteiger partial charge in [0.15, 0.2) is 0 Å². The van der Waals surface area contributed by atoms with Crippen LogP contribution in [0.15, 0.2) is 82.8 Å². The van der Waals surface area contributed by atoms with Crippen LogP contribution in [0.5, 0.6) is 0 Å². The molecule has 3 aromatic rings. The molecule has 0 heterocycles. The normalized spacial score (nSPS) is 12.3. The topological polar surface area (TPSA) is 78.8 Å². The summed E-state index contributed by atoms with van der Waals surface area (Å²) in [6.07, 6.45) is 1.53. The van der Waals surface area contributed by atoms with E-state index >= 15 is 0 Å². The van der Waals surface area contributed by atoms with Gasteiger partial charge in [0, 0.05) is 11.6 Å². The molecular weight excluding hydrogens is 482 g/mol. The molecule has 0 atom stereocenters. The fraction of sp³-hybridized carbons (Fsp3) is 0.259. The Hall–Kier alpha value is -3.00. The van der Waals surface area contributed by atoms with E-state index in [9.17, 15) is 13.2 Å². The van der Waals surface area contributed by atoms with E-state index in [4.69, 9.17) is 11.6 Å². The highest BCUT2D eigenvalue weighted by atomic mass is 35.5. The maximum atomic E-state index is 13.3. The summed E-state index contributed by atoms with van der Waals surface area (Å²) in [5.74, 6) is -0.544. The van der Waals surface area contributed by atoms with Crippen LogP contribution >= 0.6 is 11.6 Å². The lowest BCUT2D eigenvalue weighted by atomic mass is 9.87. The maximum Gasteiger partial charge on any atom is 0.255 e. The molecule has 8 heteroatoms. The summed E-state index contributed by atoms with van der Waals surface area (Å²) in [6.45, 7) is 7.91. The Morgan fingerprint density at radius 2 is 1.57 bits per heavy atom. The number of hydrazone groups is 1. The Balaban J connectivity index is 1.75. The van der Waals surface area contributed by atoms with Crippen molar-refractivity contribution >= 4 is 33.7 Å². The van der Waals surface area contributed by atoms with Gasteiger partial charge in [-0.15, -0.1) is 0 Å². The number of carbonyl (C=O) groups excluding carboxylic acids is 1. The Bertz CT molecular complexity index is 1280. The molecule has 35 heavy (non-hydrogen) atoms. The summed E-state index contributed by atoms with van der Waals surface area (Å²) in [5.41, 5.74) is 6.14. The zero-order valence-electron chi connectivity index (χ0n) is 20.3. The van der Waals surface area contributed by atoms with E-state index in [2.05, 4.69) is 31.3 Å². The van der Waals surface area contributed by atoms with Gasteiger partial charge in [0.25, 0.3) is 5.91 Å². The molecular formula is C27H30ClN3O3S. The summed E-state index contributed by atoms with van der Waals surface area (Å²) in [7, 11) is -3.93. The first-order chi connectivity index (χ1) is 16.4. The van der Waals surface area contributed by atoms with Crippen LogP contribution in [0.2, 0.25) is 5.02 Å². The second-order valence-corrected chi connectivity index (χ2v) is 11.8. The minimum absolute atomic E-state index is 0.0127. The number of nitrogens with one attached hydrogen (secondary N) is 1. The van der Waals surface area contributed by atoms with Gasteiger partial charge in [-0.1, -0.05) is 86.5 Å². The molecule has 0 saturated heterocycles. The zero-order chi connectivity index (χ0) is 25.6. The molecule has 3 rings (SSSR count). The number of sulfonamides is 1. The number of amides is 1. The van der Waals surface area contributed by atoms with Crippen molar-refractivity contribution in [3.63, 3.8) is 0 Å². The van der Waals surface area contributed by atoms with E-state index in [1.165, 1.54) is 23.9 Å². The van der Waals surface area contributed by atoms with Crippen LogP contribution in [-0.2, 0) is 26.8 Å². The molecule has 6 nitrogen and oxygen atoms in total. The number of benzene rings is 3. The largest absolute Gasteiger partial charge is 0.272 e. The predicted octanol–water partition coefficient (Wildman–Crippen LogP) is 5.29. The lowest BCUT2D eigenvalue weighted by Gasteiger charge is -2.21. The molecule has 1 N–H and O–H groups in total. The molecule has 0 fully saturated rings. The smallest absolute Gasteiger partial charge is 0.255 e. The molecule has 1 amide bonds. The maximum absolute atomic E-state index is 13.3. The fourth-order valence-corrected chi connectivity index (χ4v) is 4.83. The van der Waals surface area contributed by atoms with E-state index in [0.717, 1.165) is 15.4 Å². The summed E-state index contributed by atoms with van der Waals surface area (Å²) >= 11 is 5.96. The van der Waals surface area contributed by atoms with E-state index < -0.39 is 15.9 Å². The van der Waals surface area contributed by atoms with Crippen molar-refractivity contribution in [2.75, 3.05) is 6.54 Å². The predicted molar refractivity (Wildman–Crippen MR) is 141 cm³/mol. The number of halogens is 1. The van der Waals surface area contributed by atoms with Crippen LogP contribution in [0.4, 0.5) is 0 Å². The monoisotopic (exact) mass is 511 g/mol. The van der Waals surface area contributed by atoms with Crippen LogP contribution < -0.4 is 5.43 Å². The van der Waals surface area contributed by atoms with Gasteiger partial charge in [-0.25, -0.2) is 13.8 Å². The minimum atomic E-state index is -3.93. The third-order valence-electron chi connectivity index (χ3n) is 5.43. The van der Waals surface area contributed by atoms with Gasteiger partial charge < -0.3 is 0 Å². The fourth-order valence-electron chi connectivity index (χ4n) is 3.32. The van der Waals surface area contributed by atoms with Crippen LogP contribution in [0.25, 0.3) is 0 Å². The van der Waals surface area contributed by atoms with Crippen molar-refractivity contribution < 1.29 is 13.2 Å². The first kappa shape index (κ1) is 26.6. The molecule has 0 aliphatic carbocycles. The second-order valence-electron chi connectivity index (χ2n) is 9.38. The summed E-state index contributed by atoms with van der Waals surface area (Å²) in [4.78, 5) is 12.8. The summed E-state index contributed by atoms with van der Waals surface area (Å²) in [6, 6.07) is 21.2. The second kappa shape index (κ2) is 11.2. The number of carbonyl (C=O) groups is 1. The first-order valence-corrected chi connectivity index (χ1v) is 13.0. The van der Waals surface area contributed by atoms with Crippen molar-refractivity contribution in [3.05, 3.63) is 100 Å². The van der Waals surface area contributed by atoms with Crippen molar-refractivity contribution in [2.45, 2.75) is 44.6 Å². The standard InChI is InChI=1S/C27H30ClN3O3S/c1-20-5-15-25(16-6-20)35(33,34)31(18-22-9-13-24(28)14-10-22)19-26(32)30-29-17-21-7-11-23(12-8-21)27(2,3)4/h5-17H,18-19H2,1-4H3,(H,30,32)/b29-17-. The molecule has 184 valence electrons. The van der Waals surface area contributed by atoms with Gasteiger partial charge in [0.05, 0.1) is 17.7 Å². The Kier molecular flexibility index (Phi) is 8.48. The van der Waals surface area contributed by atoms with E-state index in [0.29, 0.717) is 10.6 Å². The zero-order valence-corrected chi connectivity index (χ0v) is 21.9. The van der Waals surface area contributed by atoms with Gasteiger partial charge in [-0.05, 0) is 53.3 Å². The van der Waals surface area contributed by atoms with Crippen LogP contribution in [0, 0.1) is 6.92 Å². The van der Waals surface area contributed by atoms with Crippen LogP contribution in [0.3, 0.4) is 0 Å². The highest BCUT2D eigenvalue weighted by Crippen LogP contribution is 2.22. The molecule has 0 saturated carbocycles. The Labute approximate surface area is 212 Å². The minimum Gasteiger partial charge on any atom is -0.272 e. The number of rotatable bonds is 8. The third-order valence-corrected chi connectivity index (χ3v) is 7.49.